The fourth-order valence-electron chi connectivity index (χ4n) is 1.50. The van der Waals surface area contributed by atoms with Gasteiger partial charge in [-0.25, -0.2) is 0 Å². The first-order chi connectivity index (χ1) is 8.18. The predicted octanol–water partition coefficient (Wildman–Crippen LogP) is 2.38. The first-order valence-electron chi connectivity index (χ1n) is 4.97. The fourth-order valence-corrected chi connectivity index (χ4v) is 1.50. The smallest absolute Gasteiger partial charge is 0.314 e. The van der Waals surface area contributed by atoms with Crippen molar-refractivity contribution in [1.82, 2.24) is 0 Å². The van der Waals surface area contributed by atoms with Crippen LogP contribution in [0, 0.1) is 10.1 Å². The molecule has 0 radical (unpaired) electrons. The Labute approximate surface area is 97.2 Å². The fraction of sp³-hybridized carbons (Fsp3) is 0.0909. The van der Waals surface area contributed by atoms with E-state index in [4.69, 9.17) is 10.2 Å². The zero-order valence-corrected chi connectivity index (χ0v) is 8.92. The molecule has 1 heterocycles. The van der Waals surface area contributed by atoms with Crippen molar-refractivity contribution in [2.45, 2.75) is 6.54 Å². The summed E-state index contributed by atoms with van der Waals surface area (Å²) in [6.45, 7) is 0.372. The number of nitrogen functional groups attached to an aromatic ring is 1. The zero-order valence-electron chi connectivity index (χ0n) is 8.92. The molecule has 0 bridgehead atoms. The van der Waals surface area contributed by atoms with Gasteiger partial charge in [-0.15, -0.1) is 0 Å². The van der Waals surface area contributed by atoms with E-state index in [0.717, 1.165) is 0 Å². The van der Waals surface area contributed by atoms with Crippen molar-refractivity contribution in [3.63, 3.8) is 0 Å². The van der Waals surface area contributed by atoms with Crippen molar-refractivity contribution < 1.29 is 9.34 Å². The molecule has 0 atom stereocenters. The van der Waals surface area contributed by atoms with E-state index in [1.165, 1.54) is 6.07 Å². The number of hydrogen-bond donors (Lipinski definition) is 2. The van der Waals surface area contributed by atoms with Gasteiger partial charge in [0.15, 0.2) is 0 Å². The Morgan fingerprint density at radius 1 is 1.35 bits per heavy atom. The van der Waals surface area contributed by atoms with Crippen molar-refractivity contribution in [3.8, 4) is 0 Å². The number of benzene rings is 1. The van der Waals surface area contributed by atoms with Crippen molar-refractivity contribution in [2.75, 3.05) is 11.1 Å². The number of rotatable bonds is 4. The van der Waals surface area contributed by atoms with Gasteiger partial charge in [-0.3, -0.25) is 10.1 Å². The van der Waals surface area contributed by atoms with Crippen molar-refractivity contribution in [3.05, 3.63) is 52.5 Å². The topological polar surface area (TPSA) is 94.3 Å². The van der Waals surface area contributed by atoms with E-state index in [0.29, 0.717) is 18.0 Å². The van der Waals surface area contributed by atoms with E-state index in [-0.39, 0.29) is 11.4 Å². The summed E-state index contributed by atoms with van der Waals surface area (Å²) < 4.78 is 5.12. The summed E-state index contributed by atoms with van der Waals surface area (Å²) in [4.78, 5) is 10.4. The molecular weight excluding hydrogens is 222 g/mol. The minimum absolute atomic E-state index is 0.112. The molecular formula is C11H11N3O3. The summed E-state index contributed by atoms with van der Waals surface area (Å²) in [6, 6.07) is 8.30. The number of nitrogens with zero attached hydrogens (tertiary/aromatic N) is 1. The first-order valence-corrected chi connectivity index (χ1v) is 4.97. The molecule has 0 aliphatic rings. The Balaban J connectivity index is 2.21. The average Bonchev–Trinajstić information content (AvgIpc) is 2.78. The monoisotopic (exact) mass is 233 g/mol. The second kappa shape index (κ2) is 4.56. The number of hydrogen-bond acceptors (Lipinski definition) is 5. The highest BCUT2D eigenvalue weighted by molar-refractivity contribution is 5.74. The maximum absolute atomic E-state index is 10.9. The summed E-state index contributed by atoms with van der Waals surface area (Å²) in [7, 11) is 0. The highest BCUT2D eigenvalue weighted by Crippen LogP contribution is 2.30. The van der Waals surface area contributed by atoms with Gasteiger partial charge in [-0.2, -0.15) is 0 Å². The van der Waals surface area contributed by atoms with E-state index >= 15 is 0 Å². The highest BCUT2D eigenvalue weighted by Gasteiger charge is 2.17. The Morgan fingerprint density at radius 2 is 2.18 bits per heavy atom. The van der Waals surface area contributed by atoms with Gasteiger partial charge in [0.2, 0.25) is 0 Å². The molecule has 17 heavy (non-hydrogen) atoms. The van der Waals surface area contributed by atoms with Crippen LogP contribution in [0.4, 0.5) is 17.1 Å². The average molecular weight is 233 g/mol. The van der Waals surface area contributed by atoms with Crippen LogP contribution in [-0.4, -0.2) is 4.92 Å². The standard InChI is InChI=1S/C11H11N3O3/c12-9-4-1-5-10(11(9)14(15)16)13-7-8-3-2-6-17-8/h1-6,13H,7,12H2. The highest BCUT2D eigenvalue weighted by atomic mass is 16.6. The normalized spacial score (nSPS) is 10.1. The maximum atomic E-state index is 10.9. The number of nitrogens with one attached hydrogen (secondary N) is 1. The molecule has 0 amide bonds. The number of nitro groups is 1. The van der Waals surface area contributed by atoms with Crippen molar-refractivity contribution in [2.24, 2.45) is 0 Å². The molecule has 6 nitrogen and oxygen atoms in total. The van der Waals surface area contributed by atoms with Gasteiger partial charge < -0.3 is 15.5 Å². The molecule has 0 saturated carbocycles. The minimum atomic E-state index is -0.500. The molecule has 88 valence electrons. The van der Waals surface area contributed by atoms with Gasteiger partial charge in [-0.1, -0.05) is 6.07 Å². The van der Waals surface area contributed by atoms with Crippen LogP contribution in [0.1, 0.15) is 5.76 Å². The van der Waals surface area contributed by atoms with Crippen LogP contribution in [0.5, 0.6) is 0 Å². The van der Waals surface area contributed by atoms with Gasteiger partial charge >= 0.3 is 5.69 Å². The number of anilines is 2. The predicted molar refractivity (Wildman–Crippen MR) is 63.5 cm³/mol. The second-order valence-electron chi connectivity index (χ2n) is 3.43. The molecule has 2 rings (SSSR count). The van der Waals surface area contributed by atoms with E-state index in [9.17, 15) is 10.1 Å². The van der Waals surface area contributed by atoms with Crippen molar-refractivity contribution >= 4 is 17.1 Å². The van der Waals surface area contributed by atoms with Gasteiger partial charge in [0.05, 0.1) is 17.7 Å². The van der Waals surface area contributed by atoms with Gasteiger partial charge in [-0.05, 0) is 24.3 Å². The summed E-state index contributed by atoms with van der Waals surface area (Å²) in [5, 5.41) is 13.8. The molecule has 0 aliphatic carbocycles. The lowest BCUT2D eigenvalue weighted by molar-refractivity contribution is -0.383. The number of para-hydroxylation sites is 1. The molecule has 1 aromatic heterocycles. The van der Waals surface area contributed by atoms with E-state index in [1.807, 2.05) is 0 Å². The molecule has 0 spiro atoms. The summed E-state index contributed by atoms with van der Waals surface area (Å²) >= 11 is 0. The summed E-state index contributed by atoms with van der Waals surface area (Å²) in [6.07, 6.45) is 1.55. The lowest BCUT2D eigenvalue weighted by Crippen LogP contribution is -2.04. The lowest BCUT2D eigenvalue weighted by atomic mass is 10.2. The van der Waals surface area contributed by atoms with Gasteiger partial charge in [0.25, 0.3) is 0 Å². The Hall–Kier alpha value is -2.50. The third-order valence-electron chi connectivity index (χ3n) is 2.28. The van der Waals surface area contributed by atoms with Crippen molar-refractivity contribution in [1.29, 1.82) is 0 Å². The largest absolute Gasteiger partial charge is 0.467 e. The van der Waals surface area contributed by atoms with Crippen LogP contribution in [-0.2, 0) is 6.54 Å². The van der Waals surface area contributed by atoms with Crippen LogP contribution >= 0.6 is 0 Å². The van der Waals surface area contributed by atoms with E-state index in [1.54, 1.807) is 30.5 Å². The third kappa shape index (κ3) is 2.36. The maximum Gasteiger partial charge on any atom is 0.314 e. The first kappa shape index (κ1) is 11.0. The molecule has 6 heteroatoms. The Bertz CT molecular complexity index is 523. The molecule has 0 fully saturated rings. The SMILES string of the molecule is Nc1cccc(NCc2ccco2)c1[N+](=O)[O-]. The Morgan fingerprint density at radius 3 is 2.82 bits per heavy atom. The molecule has 0 unspecified atom stereocenters. The zero-order chi connectivity index (χ0) is 12.3. The summed E-state index contributed by atoms with van der Waals surface area (Å²) in [5.74, 6) is 0.696. The second-order valence-corrected chi connectivity index (χ2v) is 3.43. The number of furan rings is 1. The molecule has 2 aromatic rings. The number of nitro benzene ring substituents is 1. The van der Waals surface area contributed by atoms with Crippen LogP contribution in [0.2, 0.25) is 0 Å². The van der Waals surface area contributed by atoms with Crippen LogP contribution in [0.3, 0.4) is 0 Å². The van der Waals surface area contributed by atoms with Crippen LogP contribution in [0.15, 0.2) is 41.0 Å². The van der Waals surface area contributed by atoms with Gasteiger partial charge in [0.1, 0.15) is 17.1 Å². The van der Waals surface area contributed by atoms with Crippen LogP contribution in [0.25, 0.3) is 0 Å². The van der Waals surface area contributed by atoms with Gasteiger partial charge in [0, 0.05) is 0 Å². The van der Waals surface area contributed by atoms with E-state index < -0.39 is 4.92 Å². The van der Waals surface area contributed by atoms with Crippen LogP contribution < -0.4 is 11.1 Å². The summed E-state index contributed by atoms with van der Waals surface area (Å²) in [5.41, 5.74) is 5.97. The van der Waals surface area contributed by atoms with E-state index in [2.05, 4.69) is 5.32 Å². The molecule has 1 aromatic carbocycles. The molecule has 3 N–H and O–H groups in total. The quantitative estimate of drug-likeness (QED) is 0.480. The number of nitrogens with two attached hydrogens (primary N) is 1. The molecule has 0 saturated heterocycles. The molecule has 0 aliphatic heterocycles. The Kier molecular flexibility index (Phi) is 2.95. The third-order valence-corrected chi connectivity index (χ3v) is 2.28. The lowest BCUT2D eigenvalue weighted by Gasteiger charge is -2.06. The minimum Gasteiger partial charge on any atom is -0.467 e.